The number of nitrogens with one attached hydrogen (secondary N) is 1. The molecule has 7 nitrogen and oxygen atoms in total. The molecule has 0 saturated heterocycles. The fraction of sp³-hybridized carbons (Fsp3) is 0.529. The zero-order valence-electron chi connectivity index (χ0n) is 15.3. The van der Waals surface area contributed by atoms with Crippen molar-refractivity contribution in [1.29, 1.82) is 0 Å². The van der Waals surface area contributed by atoms with E-state index in [-0.39, 0.29) is 16.7 Å². The van der Waals surface area contributed by atoms with Crippen LogP contribution < -0.4 is 5.32 Å². The fourth-order valence-corrected chi connectivity index (χ4v) is 3.07. The topological polar surface area (TPSA) is 86.8 Å². The minimum atomic E-state index is -3.51. The number of sulfonamides is 1. The Bertz CT molecular complexity index is 684. The van der Waals surface area contributed by atoms with E-state index in [0.717, 1.165) is 17.1 Å². The molecule has 0 spiro atoms. The lowest BCUT2D eigenvalue weighted by molar-refractivity contribution is -0.128. The van der Waals surface area contributed by atoms with Gasteiger partial charge < -0.3 is 10.2 Å². The molecule has 1 N–H and O–H groups in total. The van der Waals surface area contributed by atoms with Crippen LogP contribution in [0.5, 0.6) is 0 Å². The van der Waals surface area contributed by atoms with Gasteiger partial charge in [0.05, 0.1) is 4.90 Å². The molecule has 0 radical (unpaired) electrons. The maximum absolute atomic E-state index is 12.1. The van der Waals surface area contributed by atoms with Crippen molar-refractivity contribution >= 4 is 21.8 Å². The second kappa shape index (κ2) is 9.53. The quantitative estimate of drug-likeness (QED) is 0.711. The number of carbonyl (C=O) groups excluding carboxylic acids is 2. The summed E-state index contributed by atoms with van der Waals surface area (Å²) in [5.74, 6) is -0.311. The molecule has 0 saturated carbocycles. The summed E-state index contributed by atoms with van der Waals surface area (Å²) in [6.45, 7) is 5.05. The highest BCUT2D eigenvalue weighted by atomic mass is 32.2. The van der Waals surface area contributed by atoms with E-state index in [9.17, 15) is 18.0 Å². The summed E-state index contributed by atoms with van der Waals surface area (Å²) in [6, 6.07) is 5.78. The smallest absolute Gasteiger partial charge is 0.251 e. The summed E-state index contributed by atoms with van der Waals surface area (Å²) in [5.41, 5.74) is 0.376. The molecule has 1 aromatic carbocycles. The standard InChI is InChI=1S/C17H27N3O4S/c1-5-6-12-20(14(2)21)13-11-18-17(22)15-7-9-16(10-8-15)25(23,24)19(3)4/h7-10H,5-6,11-13H2,1-4H3,(H,18,22). The first-order chi connectivity index (χ1) is 11.7. The Hall–Kier alpha value is -1.93. The number of amides is 2. The maximum Gasteiger partial charge on any atom is 0.251 e. The number of benzene rings is 1. The van der Waals surface area contributed by atoms with Gasteiger partial charge in [-0.2, -0.15) is 0 Å². The summed E-state index contributed by atoms with van der Waals surface area (Å²) in [4.78, 5) is 25.5. The second-order valence-electron chi connectivity index (χ2n) is 5.93. The summed E-state index contributed by atoms with van der Waals surface area (Å²) in [5, 5.41) is 2.75. The average molecular weight is 369 g/mol. The lowest BCUT2D eigenvalue weighted by atomic mass is 10.2. The molecule has 0 aromatic heterocycles. The summed E-state index contributed by atoms with van der Waals surface area (Å²) >= 11 is 0. The molecule has 0 aliphatic rings. The van der Waals surface area contributed by atoms with Crippen molar-refractivity contribution in [1.82, 2.24) is 14.5 Å². The molecular formula is C17H27N3O4S. The summed E-state index contributed by atoms with van der Waals surface area (Å²) in [6.07, 6.45) is 1.92. The zero-order valence-corrected chi connectivity index (χ0v) is 16.1. The van der Waals surface area contributed by atoms with Crippen molar-refractivity contribution in [2.24, 2.45) is 0 Å². The van der Waals surface area contributed by atoms with Gasteiger partial charge in [-0.25, -0.2) is 12.7 Å². The molecule has 0 fully saturated rings. The summed E-state index contributed by atoms with van der Waals surface area (Å²) in [7, 11) is -0.601. The number of hydrogen-bond acceptors (Lipinski definition) is 4. The Morgan fingerprint density at radius 3 is 2.16 bits per heavy atom. The number of rotatable bonds is 9. The van der Waals surface area contributed by atoms with Crippen molar-refractivity contribution in [2.45, 2.75) is 31.6 Å². The van der Waals surface area contributed by atoms with Crippen LogP contribution in [0.4, 0.5) is 0 Å². The number of nitrogens with zero attached hydrogens (tertiary/aromatic N) is 2. The molecule has 1 aromatic rings. The van der Waals surface area contributed by atoms with Gasteiger partial charge in [0, 0.05) is 46.2 Å². The van der Waals surface area contributed by atoms with Gasteiger partial charge in [0.1, 0.15) is 0 Å². The highest BCUT2D eigenvalue weighted by molar-refractivity contribution is 7.89. The van der Waals surface area contributed by atoms with Crippen molar-refractivity contribution in [3.05, 3.63) is 29.8 Å². The van der Waals surface area contributed by atoms with E-state index in [1.807, 2.05) is 0 Å². The molecule has 2 amide bonds. The monoisotopic (exact) mass is 369 g/mol. The molecule has 0 heterocycles. The lowest BCUT2D eigenvalue weighted by Crippen LogP contribution is -2.38. The van der Waals surface area contributed by atoms with E-state index in [2.05, 4.69) is 12.2 Å². The Morgan fingerprint density at radius 2 is 1.68 bits per heavy atom. The van der Waals surface area contributed by atoms with Crippen molar-refractivity contribution in [3.8, 4) is 0 Å². The molecule has 140 valence electrons. The van der Waals surface area contributed by atoms with E-state index in [1.54, 1.807) is 4.90 Å². The molecule has 0 aliphatic heterocycles. The Balaban J connectivity index is 2.62. The van der Waals surface area contributed by atoms with Crippen LogP contribution in [0, 0.1) is 0 Å². The Labute approximate surface area is 150 Å². The van der Waals surface area contributed by atoms with Gasteiger partial charge in [-0.1, -0.05) is 13.3 Å². The van der Waals surface area contributed by atoms with Crippen LogP contribution in [0.25, 0.3) is 0 Å². The predicted octanol–water partition coefficient (Wildman–Crippen LogP) is 1.32. The van der Waals surface area contributed by atoms with E-state index >= 15 is 0 Å². The zero-order chi connectivity index (χ0) is 19.0. The van der Waals surface area contributed by atoms with Crippen molar-refractivity contribution in [2.75, 3.05) is 33.7 Å². The molecule has 0 bridgehead atoms. The lowest BCUT2D eigenvalue weighted by Gasteiger charge is -2.21. The second-order valence-corrected chi connectivity index (χ2v) is 8.08. The third kappa shape index (κ3) is 6.13. The third-order valence-corrected chi connectivity index (χ3v) is 5.62. The van der Waals surface area contributed by atoms with E-state index < -0.39 is 10.0 Å². The molecule has 0 unspecified atom stereocenters. The Morgan fingerprint density at radius 1 is 1.08 bits per heavy atom. The van der Waals surface area contributed by atoms with Gasteiger partial charge >= 0.3 is 0 Å². The fourth-order valence-electron chi connectivity index (χ4n) is 2.17. The molecule has 25 heavy (non-hydrogen) atoms. The highest BCUT2D eigenvalue weighted by Gasteiger charge is 2.17. The average Bonchev–Trinajstić information content (AvgIpc) is 2.57. The van der Waals surface area contributed by atoms with E-state index in [1.165, 1.54) is 45.3 Å². The van der Waals surface area contributed by atoms with Gasteiger partial charge in [0.2, 0.25) is 15.9 Å². The minimum absolute atomic E-state index is 0.0130. The van der Waals surface area contributed by atoms with Crippen LogP contribution in [0.2, 0.25) is 0 Å². The number of unbranched alkanes of at least 4 members (excludes halogenated alkanes) is 1. The van der Waals surface area contributed by atoms with Crippen molar-refractivity contribution in [3.63, 3.8) is 0 Å². The normalized spacial score (nSPS) is 11.4. The molecule has 8 heteroatoms. The third-order valence-electron chi connectivity index (χ3n) is 3.79. The number of carbonyl (C=O) groups is 2. The predicted molar refractivity (Wildman–Crippen MR) is 96.8 cm³/mol. The first-order valence-corrected chi connectivity index (χ1v) is 9.70. The molecule has 0 aliphatic carbocycles. The van der Waals surface area contributed by atoms with Gasteiger partial charge in [0.25, 0.3) is 5.91 Å². The Kier molecular flexibility index (Phi) is 8.05. The maximum atomic E-state index is 12.1. The van der Waals surface area contributed by atoms with Crippen LogP contribution in [-0.4, -0.2) is 63.2 Å². The van der Waals surface area contributed by atoms with Gasteiger partial charge in [-0.15, -0.1) is 0 Å². The number of hydrogen-bond donors (Lipinski definition) is 1. The van der Waals surface area contributed by atoms with Crippen LogP contribution in [0.15, 0.2) is 29.2 Å². The van der Waals surface area contributed by atoms with Crippen LogP contribution in [0.1, 0.15) is 37.0 Å². The summed E-state index contributed by atoms with van der Waals surface area (Å²) < 4.78 is 25.1. The SMILES string of the molecule is CCCCN(CCNC(=O)c1ccc(S(=O)(=O)N(C)C)cc1)C(C)=O. The van der Waals surface area contributed by atoms with Gasteiger partial charge in [0.15, 0.2) is 0 Å². The molecular weight excluding hydrogens is 342 g/mol. The minimum Gasteiger partial charge on any atom is -0.350 e. The van der Waals surface area contributed by atoms with Crippen LogP contribution >= 0.6 is 0 Å². The highest BCUT2D eigenvalue weighted by Crippen LogP contribution is 2.13. The molecule has 0 atom stereocenters. The van der Waals surface area contributed by atoms with E-state index in [0.29, 0.717) is 25.2 Å². The first kappa shape index (κ1) is 21.1. The molecule has 1 rings (SSSR count). The van der Waals surface area contributed by atoms with E-state index in [4.69, 9.17) is 0 Å². The van der Waals surface area contributed by atoms with Crippen LogP contribution in [-0.2, 0) is 14.8 Å². The largest absolute Gasteiger partial charge is 0.350 e. The van der Waals surface area contributed by atoms with Gasteiger partial charge in [-0.05, 0) is 30.7 Å². The van der Waals surface area contributed by atoms with Gasteiger partial charge in [-0.3, -0.25) is 9.59 Å². The van der Waals surface area contributed by atoms with Crippen molar-refractivity contribution < 1.29 is 18.0 Å². The van der Waals surface area contributed by atoms with Crippen LogP contribution in [0.3, 0.4) is 0 Å². The first-order valence-electron chi connectivity index (χ1n) is 8.26.